The van der Waals surface area contributed by atoms with Crippen molar-refractivity contribution >= 4 is 23.0 Å². The van der Waals surface area contributed by atoms with Gasteiger partial charge in [-0.25, -0.2) is 19.7 Å². The van der Waals surface area contributed by atoms with E-state index in [2.05, 4.69) is 15.0 Å². The molecule has 2 heterocycles. The number of allylic oxidation sites excluding steroid dienone is 1. The number of carboxylic acid groups (broad SMARTS) is 1. The largest absolute Gasteiger partial charge is 0.478 e. The lowest BCUT2D eigenvalue weighted by Gasteiger charge is -2.03. The number of imidazole rings is 1. The first-order valence-corrected chi connectivity index (χ1v) is 4.89. The van der Waals surface area contributed by atoms with Crippen LogP contribution >= 0.6 is 0 Å². The van der Waals surface area contributed by atoms with E-state index >= 15 is 0 Å². The summed E-state index contributed by atoms with van der Waals surface area (Å²) in [7, 11) is 0. The van der Waals surface area contributed by atoms with E-state index < -0.39 is 5.97 Å². The summed E-state index contributed by atoms with van der Waals surface area (Å²) in [6.45, 7) is 2.13. The molecule has 0 radical (unpaired) electrons. The highest BCUT2D eigenvalue weighted by atomic mass is 16.4. The highest BCUT2D eigenvalue weighted by Crippen LogP contribution is 2.15. The molecule has 0 fully saturated rings. The third-order valence-corrected chi connectivity index (χ3v) is 2.22. The number of nitrogens with zero attached hydrogens (tertiary/aromatic N) is 4. The minimum absolute atomic E-state index is 0.314. The molecule has 7 nitrogen and oxygen atoms in total. The zero-order valence-electron chi connectivity index (χ0n) is 9.16. The molecule has 2 aromatic heterocycles. The van der Waals surface area contributed by atoms with E-state index in [9.17, 15) is 4.79 Å². The van der Waals surface area contributed by atoms with Crippen molar-refractivity contribution in [2.24, 2.45) is 0 Å². The molecule has 2 rings (SSSR count). The van der Waals surface area contributed by atoms with Crippen molar-refractivity contribution in [2.75, 3.05) is 5.73 Å². The van der Waals surface area contributed by atoms with Crippen molar-refractivity contribution in [2.45, 2.75) is 13.5 Å². The standard InChI is InChI=1S/C10H11N5O2/c1-6(2-7(16)17)3-15-5-14-8-9(11)12-4-13-10(8)15/h2,4-5H,3H2,1H3,(H,16,17)(H2,11,12,13). The molecule has 7 heteroatoms. The summed E-state index contributed by atoms with van der Waals surface area (Å²) in [6.07, 6.45) is 4.07. The summed E-state index contributed by atoms with van der Waals surface area (Å²) in [5.74, 6) is -0.658. The van der Waals surface area contributed by atoms with Crippen molar-refractivity contribution in [3.8, 4) is 0 Å². The van der Waals surface area contributed by atoms with Gasteiger partial charge in [0.05, 0.1) is 6.33 Å². The maximum atomic E-state index is 10.5. The number of carboxylic acids is 1. The molecular weight excluding hydrogens is 222 g/mol. The van der Waals surface area contributed by atoms with Gasteiger partial charge in [0.1, 0.15) is 11.8 Å². The Bertz CT molecular complexity index is 602. The Morgan fingerprint density at radius 1 is 1.53 bits per heavy atom. The highest BCUT2D eigenvalue weighted by molar-refractivity contribution is 5.82. The molecule has 0 spiro atoms. The van der Waals surface area contributed by atoms with Crippen LogP contribution in [0, 0.1) is 0 Å². The van der Waals surface area contributed by atoms with Gasteiger partial charge in [0.25, 0.3) is 0 Å². The first kappa shape index (κ1) is 11.1. The Hall–Kier alpha value is -2.44. The molecule has 0 aliphatic carbocycles. The van der Waals surface area contributed by atoms with Gasteiger partial charge >= 0.3 is 5.97 Å². The third-order valence-electron chi connectivity index (χ3n) is 2.22. The van der Waals surface area contributed by atoms with Crippen molar-refractivity contribution in [1.82, 2.24) is 19.5 Å². The maximum Gasteiger partial charge on any atom is 0.328 e. The Morgan fingerprint density at radius 3 is 3.00 bits per heavy atom. The minimum atomic E-state index is -0.971. The third kappa shape index (κ3) is 2.22. The number of aromatic nitrogens is 4. The van der Waals surface area contributed by atoms with Crippen LogP contribution in [0.3, 0.4) is 0 Å². The zero-order valence-corrected chi connectivity index (χ0v) is 9.16. The number of nitrogen functional groups attached to an aromatic ring is 1. The van der Waals surface area contributed by atoms with Crippen LogP contribution in [0.2, 0.25) is 0 Å². The van der Waals surface area contributed by atoms with Crippen molar-refractivity contribution in [1.29, 1.82) is 0 Å². The van der Waals surface area contributed by atoms with Crippen LogP contribution in [-0.2, 0) is 11.3 Å². The molecule has 0 unspecified atom stereocenters. The van der Waals surface area contributed by atoms with Crippen molar-refractivity contribution < 1.29 is 9.90 Å². The molecule has 0 aliphatic heterocycles. The van der Waals surface area contributed by atoms with Crippen molar-refractivity contribution in [3.63, 3.8) is 0 Å². The van der Waals surface area contributed by atoms with Crippen LogP contribution in [0.4, 0.5) is 5.82 Å². The van der Waals surface area contributed by atoms with Crippen LogP contribution in [-0.4, -0.2) is 30.6 Å². The molecule has 2 aromatic rings. The number of hydrogen-bond acceptors (Lipinski definition) is 5. The zero-order chi connectivity index (χ0) is 12.4. The summed E-state index contributed by atoms with van der Waals surface area (Å²) in [5.41, 5.74) is 7.45. The summed E-state index contributed by atoms with van der Waals surface area (Å²) in [4.78, 5) is 22.5. The second-order valence-electron chi connectivity index (χ2n) is 3.63. The molecule has 0 saturated carbocycles. The van der Waals surface area contributed by atoms with Gasteiger partial charge in [0.15, 0.2) is 11.5 Å². The van der Waals surface area contributed by atoms with E-state index in [0.29, 0.717) is 29.1 Å². The van der Waals surface area contributed by atoms with E-state index in [-0.39, 0.29) is 0 Å². The lowest BCUT2D eigenvalue weighted by atomic mass is 10.3. The van der Waals surface area contributed by atoms with Crippen LogP contribution < -0.4 is 5.73 Å². The maximum absolute atomic E-state index is 10.5. The van der Waals surface area contributed by atoms with Gasteiger partial charge in [-0.1, -0.05) is 0 Å². The Labute approximate surface area is 96.6 Å². The van der Waals surface area contributed by atoms with E-state index in [1.54, 1.807) is 17.8 Å². The molecule has 0 saturated heterocycles. The fourth-order valence-electron chi connectivity index (χ4n) is 1.54. The van der Waals surface area contributed by atoms with E-state index in [1.165, 1.54) is 6.33 Å². The molecular formula is C10H11N5O2. The molecule has 3 N–H and O–H groups in total. The Morgan fingerprint density at radius 2 is 2.29 bits per heavy atom. The number of rotatable bonds is 3. The molecule has 0 aliphatic rings. The number of aliphatic carboxylic acids is 1. The van der Waals surface area contributed by atoms with Crippen LogP contribution in [0.15, 0.2) is 24.3 Å². The van der Waals surface area contributed by atoms with E-state index in [4.69, 9.17) is 10.8 Å². The molecule has 88 valence electrons. The number of hydrogen-bond donors (Lipinski definition) is 2. The summed E-state index contributed by atoms with van der Waals surface area (Å²) in [5, 5.41) is 8.62. The SMILES string of the molecule is CC(=CC(=O)O)Cn1cnc2c(N)ncnc21. The Balaban J connectivity index is 2.38. The van der Waals surface area contributed by atoms with Crippen molar-refractivity contribution in [3.05, 3.63) is 24.3 Å². The predicted octanol–water partition coefficient (Wildman–Crippen LogP) is 0.439. The number of carbonyl (C=O) groups is 1. The first-order valence-electron chi connectivity index (χ1n) is 4.89. The average molecular weight is 233 g/mol. The van der Waals surface area contributed by atoms with Gasteiger partial charge < -0.3 is 15.4 Å². The number of nitrogens with two attached hydrogens (primary N) is 1. The fourth-order valence-corrected chi connectivity index (χ4v) is 1.54. The Kier molecular flexibility index (Phi) is 2.73. The average Bonchev–Trinajstić information content (AvgIpc) is 2.62. The monoisotopic (exact) mass is 233 g/mol. The molecule has 0 aromatic carbocycles. The topological polar surface area (TPSA) is 107 Å². The smallest absolute Gasteiger partial charge is 0.328 e. The lowest BCUT2D eigenvalue weighted by molar-refractivity contribution is -0.131. The summed E-state index contributed by atoms with van der Waals surface area (Å²) >= 11 is 0. The van der Waals surface area contributed by atoms with Gasteiger partial charge in [-0.15, -0.1) is 0 Å². The summed E-state index contributed by atoms with van der Waals surface area (Å²) in [6, 6.07) is 0. The molecule has 0 bridgehead atoms. The van der Waals surface area contributed by atoms with E-state index in [1.807, 2.05) is 0 Å². The first-order chi connectivity index (χ1) is 8.08. The van der Waals surface area contributed by atoms with Gasteiger partial charge in [0, 0.05) is 12.6 Å². The van der Waals surface area contributed by atoms with E-state index in [0.717, 1.165) is 6.08 Å². The molecule has 17 heavy (non-hydrogen) atoms. The minimum Gasteiger partial charge on any atom is -0.478 e. The molecule has 0 atom stereocenters. The highest BCUT2D eigenvalue weighted by Gasteiger charge is 2.07. The second kappa shape index (κ2) is 4.20. The van der Waals surface area contributed by atoms with Gasteiger partial charge in [0.2, 0.25) is 0 Å². The van der Waals surface area contributed by atoms with Gasteiger partial charge in [-0.05, 0) is 12.5 Å². The normalized spacial score (nSPS) is 11.9. The summed E-state index contributed by atoms with van der Waals surface area (Å²) < 4.78 is 1.72. The molecule has 0 amide bonds. The van der Waals surface area contributed by atoms with Crippen LogP contribution in [0.5, 0.6) is 0 Å². The predicted molar refractivity (Wildman–Crippen MR) is 61.1 cm³/mol. The number of anilines is 1. The van der Waals surface area contributed by atoms with Gasteiger partial charge in [-0.2, -0.15) is 0 Å². The quantitative estimate of drug-likeness (QED) is 0.745. The van der Waals surface area contributed by atoms with Crippen LogP contribution in [0.25, 0.3) is 11.2 Å². The fraction of sp³-hybridized carbons (Fsp3) is 0.200. The number of fused-ring (bicyclic) bond motifs is 1. The van der Waals surface area contributed by atoms with Gasteiger partial charge in [-0.3, -0.25) is 0 Å². The second-order valence-corrected chi connectivity index (χ2v) is 3.63. The lowest BCUT2D eigenvalue weighted by Crippen LogP contribution is -2.02. The van der Waals surface area contributed by atoms with Crippen LogP contribution in [0.1, 0.15) is 6.92 Å².